The molecule has 8 heteroatoms. The fourth-order valence-corrected chi connectivity index (χ4v) is 4.47. The van der Waals surface area contributed by atoms with E-state index < -0.39 is 21.5 Å². The number of nitrogens with zero attached hydrogens (tertiary/aromatic N) is 2. The zero-order valence-electron chi connectivity index (χ0n) is 18.4. The summed E-state index contributed by atoms with van der Waals surface area (Å²) in [5, 5.41) is 2.89. The fraction of sp³-hybridized carbons (Fsp3) is 0.391. The molecule has 1 N–H and O–H groups in total. The molecule has 1 aliphatic rings. The molecule has 2 aromatic rings. The number of sulfonamides is 1. The minimum Gasteiger partial charge on any atom is -0.350 e. The highest BCUT2D eigenvalue weighted by molar-refractivity contribution is 7.88. The van der Waals surface area contributed by atoms with E-state index in [0.29, 0.717) is 6.54 Å². The number of hydrogen-bond acceptors (Lipinski definition) is 4. The van der Waals surface area contributed by atoms with E-state index >= 15 is 0 Å². The lowest BCUT2D eigenvalue weighted by atomic mass is 9.94. The Morgan fingerprint density at radius 2 is 1.52 bits per heavy atom. The quantitative estimate of drug-likeness (QED) is 0.740. The molecule has 0 aliphatic carbocycles. The van der Waals surface area contributed by atoms with Crippen molar-refractivity contribution in [1.82, 2.24) is 14.5 Å². The molecule has 0 unspecified atom stereocenters. The molecule has 0 aromatic heterocycles. The van der Waals surface area contributed by atoms with Crippen LogP contribution in [0.5, 0.6) is 0 Å². The minimum absolute atomic E-state index is 0.0941. The molecule has 31 heavy (non-hydrogen) atoms. The predicted molar refractivity (Wildman–Crippen MR) is 120 cm³/mol. The summed E-state index contributed by atoms with van der Waals surface area (Å²) in [5.41, 5.74) is 2.68. The average molecular weight is 444 g/mol. The largest absolute Gasteiger partial charge is 0.350 e. The van der Waals surface area contributed by atoms with Crippen LogP contribution >= 0.6 is 0 Å². The normalized spacial score (nSPS) is 20.0. The first-order chi connectivity index (χ1) is 14.5. The van der Waals surface area contributed by atoms with E-state index in [0.717, 1.165) is 32.8 Å². The lowest BCUT2D eigenvalue weighted by Crippen LogP contribution is -2.69. The number of aryl methyl sites for hydroxylation is 2. The highest BCUT2D eigenvalue weighted by atomic mass is 32.2. The fourth-order valence-electron chi connectivity index (χ4n) is 3.64. The van der Waals surface area contributed by atoms with E-state index in [1.807, 2.05) is 62.4 Å². The summed E-state index contributed by atoms with van der Waals surface area (Å²) < 4.78 is 25.4. The summed E-state index contributed by atoms with van der Waals surface area (Å²) in [6.07, 6.45) is 1.06. The zero-order chi connectivity index (χ0) is 22.8. The van der Waals surface area contributed by atoms with Gasteiger partial charge in [0.2, 0.25) is 21.8 Å². The second kappa shape index (κ2) is 8.80. The molecule has 3 rings (SSSR count). The van der Waals surface area contributed by atoms with E-state index in [2.05, 4.69) is 5.32 Å². The van der Waals surface area contributed by atoms with Crippen LogP contribution in [0.3, 0.4) is 0 Å². The summed E-state index contributed by atoms with van der Waals surface area (Å²) in [4.78, 5) is 27.8. The Labute approximate surface area is 184 Å². The molecule has 0 radical (unpaired) electrons. The Hall–Kier alpha value is -2.71. The third-order valence-corrected chi connectivity index (χ3v) is 6.88. The van der Waals surface area contributed by atoms with E-state index in [-0.39, 0.29) is 25.5 Å². The number of carbonyl (C=O) groups excluding carboxylic acids is 2. The number of amides is 2. The van der Waals surface area contributed by atoms with Gasteiger partial charge < -0.3 is 10.2 Å². The molecule has 0 saturated carbocycles. The number of benzene rings is 2. The van der Waals surface area contributed by atoms with Crippen LogP contribution < -0.4 is 5.32 Å². The number of nitrogens with one attached hydrogen (secondary N) is 1. The summed E-state index contributed by atoms with van der Waals surface area (Å²) in [6.45, 7) is 5.74. The van der Waals surface area contributed by atoms with Crippen LogP contribution in [0, 0.1) is 13.8 Å². The van der Waals surface area contributed by atoms with Crippen molar-refractivity contribution < 1.29 is 18.0 Å². The van der Waals surface area contributed by atoms with Crippen LogP contribution in [-0.4, -0.2) is 54.3 Å². The average Bonchev–Trinajstić information content (AvgIpc) is 2.70. The molecular weight excluding hydrogens is 414 g/mol. The molecule has 0 bridgehead atoms. The molecule has 2 amide bonds. The van der Waals surface area contributed by atoms with Crippen LogP contribution in [0.2, 0.25) is 0 Å². The van der Waals surface area contributed by atoms with Gasteiger partial charge in [0.15, 0.2) is 0 Å². The number of hydrogen-bond donors (Lipinski definition) is 1. The molecule has 166 valence electrons. The van der Waals surface area contributed by atoms with Gasteiger partial charge in [-0.2, -0.15) is 4.31 Å². The standard InChI is InChI=1S/C23H29N3O4S/c1-17-5-9-19(10-6-17)13-24-22(28)23(3)16-25(31(4,29)30)15-21(27)26(23)14-20-11-7-18(2)8-12-20/h5-12H,13-16H2,1-4H3,(H,24,28)/t23-/m0/s1. The van der Waals surface area contributed by atoms with Crippen LogP contribution in [-0.2, 0) is 32.7 Å². The Kier molecular flexibility index (Phi) is 6.52. The van der Waals surface area contributed by atoms with Gasteiger partial charge in [0.25, 0.3) is 0 Å². The Morgan fingerprint density at radius 3 is 2.03 bits per heavy atom. The van der Waals surface area contributed by atoms with Crippen LogP contribution in [0.15, 0.2) is 48.5 Å². The van der Waals surface area contributed by atoms with Gasteiger partial charge in [0, 0.05) is 19.6 Å². The molecule has 1 fully saturated rings. The maximum atomic E-state index is 13.3. The SMILES string of the molecule is Cc1ccc(CNC(=O)[C@]2(C)CN(S(C)(=O)=O)CC(=O)N2Cc2ccc(C)cc2)cc1. The summed E-state index contributed by atoms with van der Waals surface area (Å²) in [6, 6.07) is 15.5. The second-order valence-corrected chi connectivity index (χ2v) is 10.4. The van der Waals surface area contributed by atoms with Gasteiger partial charge >= 0.3 is 0 Å². The van der Waals surface area contributed by atoms with Crippen molar-refractivity contribution in [2.24, 2.45) is 0 Å². The first-order valence-corrected chi connectivity index (χ1v) is 12.0. The van der Waals surface area contributed by atoms with E-state index in [1.54, 1.807) is 6.92 Å². The van der Waals surface area contributed by atoms with Crippen molar-refractivity contribution in [2.45, 2.75) is 39.4 Å². The Morgan fingerprint density at radius 1 is 1.00 bits per heavy atom. The third-order valence-electron chi connectivity index (χ3n) is 5.69. The van der Waals surface area contributed by atoms with Crippen molar-refractivity contribution >= 4 is 21.8 Å². The topological polar surface area (TPSA) is 86.8 Å². The molecule has 1 saturated heterocycles. The smallest absolute Gasteiger partial charge is 0.247 e. The van der Waals surface area contributed by atoms with Crippen molar-refractivity contribution in [2.75, 3.05) is 19.3 Å². The van der Waals surface area contributed by atoms with E-state index in [1.165, 1.54) is 4.90 Å². The van der Waals surface area contributed by atoms with Gasteiger partial charge in [-0.05, 0) is 31.9 Å². The van der Waals surface area contributed by atoms with Crippen molar-refractivity contribution in [3.05, 3.63) is 70.8 Å². The first kappa shape index (κ1) is 23.0. The van der Waals surface area contributed by atoms with Gasteiger partial charge in [0.05, 0.1) is 12.8 Å². The molecule has 1 heterocycles. The van der Waals surface area contributed by atoms with Gasteiger partial charge in [0.1, 0.15) is 5.54 Å². The van der Waals surface area contributed by atoms with Crippen LogP contribution in [0.25, 0.3) is 0 Å². The summed E-state index contributed by atoms with van der Waals surface area (Å²) in [5.74, 6) is -0.785. The highest BCUT2D eigenvalue weighted by Gasteiger charge is 2.49. The first-order valence-electron chi connectivity index (χ1n) is 10.1. The maximum absolute atomic E-state index is 13.3. The van der Waals surface area contributed by atoms with Gasteiger partial charge in [-0.1, -0.05) is 59.7 Å². The highest BCUT2D eigenvalue weighted by Crippen LogP contribution is 2.27. The Bertz CT molecular complexity index is 1070. The van der Waals surface area contributed by atoms with Crippen molar-refractivity contribution in [3.8, 4) is 0 Å². The van der Waals surface area contributed by atoms with Crippen molar-refractivity contribution in [3.63, 3.8) is 0 Å². The molecular formula is C23H29N3O4S. The maximum Gasteiger partial charge on any atom is 0.247 e. The van der Waals surface area contributed by atoms with Gasteiger partial charge in [-0.15, -0.1) is 0 Å². The molecule has 7 nitrogen and oxygen atoms in total. The number of carbonyl (C=O) groups is 2. The second-order valence-electron chi connectivity index (χ2n) is 8.44. The third kappa shape index (κ3) is 5.32. The monoisotopic (exact) mass is 443 g/mol. The predicted octanol–water partition coefficient (Wildman–Crippen LogP) is 1.98. The number of rotatable bonds is 6. The zero-order valence-corrected chi connectivity index (χ0v) is 19.2. The summed E-state index contributed by atoms with van der Waals surface area (Å²) >= 11 is 0. The lowest BCUT2D eigenvalue weighted by molar-refractivity contribution is -0.153. The molecule has 1 atom stereocenters. The van der Waals surface area contributed by atoms with Gasteiger partial charge in [-0.3, -0.25) is 9.59 Å². The molecule has 2 aromatic carbocycles. The molecule has 1 aliphatic heterocycles. The van der Waals surface area contributed by atoms with Crippen LogP contribution in [0.4, 0.5) is 0 Å². The van der Waals surface area contributed by atoms with E-state index in [4.69, 9.17) is 0 Å². The summed E-state index contributed by atoms with van der Waals surface area (Å²) in [7, 11) is -3.63. The number of piperazine rings is 1. The lowest BCUT2D eigenvalue weighted by Gasteiger charge is -2.46. The Balaban J connectivity index is 1.87. The van der Waals surface area contributed by atoms with Crippen molar-refractivity contribution in [1.29, 1.82) is 0 Å². The molecule has 0 spiro atoms. The van der Waals surface area contributed by atoms with E-state index in [9.17, 15) is 18.0 Å². The van der Waals surface area contributed by atoms with Gasteiger partial charge in [-0.25, -0.2) is 8.42 Å². The van der Waals surface area contributed by atoms with Crippen LogP contribution in [0.1, 0.15) is 29.2 Å². The minimum atomic E-state index is -3.63.